The van der Waals surface area contributed by atoms with Gasteiger partial charge in [0.25, 0.3) is 5.91 Å². The highest BCUT2D eigenvalue weighted by atomic mass is 16.3. The molecular weight excluding hydrogens is 268 g/mol. The summed E-state index contributed by atoms with van der Waals surface area (Å²) < 4.78 is 5.13. The van der Waals surface area contributed by atoms with Gasteiger partial charge in [-0.25, -0.2) is 9.97 Å². The first kappa shape index (κ1) is 13.6. The molecule has 0 N–H and O–H groups in total. The highest BCUT2D eigenvalue weighted by Crippen LogP contribution is 2.33. The lowest BCUT2D eigenvalue weighted by atomic mass is 10.1. The summed E-state index contributed by atoms with van der Waals surface area (Å²) in [6, 6.07) is 4.09. The first-order valence-corrected chi connectivity index (χ1v) is 6.99. The van der Waals surface area contributed by atoms with Crippen molar-refractivity contribution in [2.24, 2.45) is 0 Å². The number of carbonyl (C=O) groups excluding carboxylic acids is 1. The molecule has 0 saturated carbocycles. The third-order valence-corrected chi connectivity index (χ3v) is 3.77. The fourth-order valence-corrected chi connectivity index (χ4v) is 2.71. The number of nitrogens with zero attached hydrogens (tertiary/aromatic N) is 4. The van der Waals surface area contributed by atoms with Gasteiger partial charge in [-0.3, -0.25) is 4.79 Å². The van der Waals surface area contributed by atoms with E-state index in [0.29, 0.717) is 5.76 Å². The van der Waals surface area contributed by atoms with Crippen LogP contribution in [0.15, 0.2) is 35.3 Å². The quantitative estimate of drug-likeness (QED) is 0.864. The van der Waals surface area contributed by atoms with Gasteiger partial charge in [0.2, 0.25) is 5.76 Å². The minimum absolute atomic E-state index is 0.0734. The van der Waals surface area contributed by atoms with Crippen LogP contribution in [0.25, 0.3) is 0 Å². The number of carbonyl (C=O) groups is 1. The lowest BCUT2D eigenvalue weighted by Gasteiger charge is -2.24. The maximum Gasteiger partial charge on any atom is 0.291 e. The molecule has 6 heteroatoms. The van der Waals surface area contributed by atoms with Crippen molar-refractivity contribution >= 4 is 11.7 Å². The summed E-state index contributed by atoms with van der Waals surface area (Å²) in [7, 11) is 3.91. The summed E-state index contributed by atoms with van der Waals surface area (Å²) in [6.45, 7) is 0.740. The molecule has 1 unspecified atom stereocenters. The second-order valence-electron chi connectivity index (χ2n) is 5.36. The van der Waals surface area contributed by atoms with Crippen LogP contribution < -0.4 is 4.90 Å². The van der Waals surface area contributed by atoms with Crippen LogP contribution in [-0.4, -0.2) is 41.4 Å². The molecule has 0 bridgehead atoms. The summed E-state index contributed by atoms with van der Waals surface area (Å²) in [5, 5.41) is 0. The summed E-state index contributed by atoms with van der Waals surface area (Å²) in [5.41, 5.74) is 1.11. The Labute approximate surface area is 123 Å². The van der Waals surface area contributed by atoms with Crippen molar-refractivity contribution in [2.75, 3.05) is 25.5 Å². The number of amides is 1. The predicted octanol–water partition coefficient (Wildman–Crippen LogP) is 2.11. The number of oxazole rings is 1. The molecule has 0 aromatic carbocycles. The third-order valence-electron chi connectivity index (χ3n) is 3.77. The van der Waals surface area contributed by atoms with Crippen LogP contribution in [0, 0.1) is 0 Å². The molecule has 1 aliphatic heterocycles. The molecule has 6 nitrogen and oxygen atoms in total. The van der Waals surface area contributed by atoms with E-state index >= 15 is 0 Å². The number of aromatic nitrogens is 2. The standard InChI is InChI=1S/C15H18N4O2/c1-18(2)14-8-11(5-6-17-14)12-4-3-7-19(12)15(20)13-9-16-10-21-13/h5-6,8-10,12H,3-4,7H2,1-2H3. The van der Waals surface area contributed by atoms with Crippen molar-refractivity contribution in [1.82, 2.24) is 14.9 Å². The number of hydrogen-bond acceptors (Lipinski definition) is 5. The topological polar surface area (TPSA) is 62.5 Å². The van der Waals surface area contributed by atoms with Gasteiger partial charge in [-0.2, -0.15) is 0 Å². The molecule has 110 valence electrons. The Morgan fingerprint density at radius 1 is 1.48 bits per heavy atom. The SMILES string of the molecule is CN(C)c1cc(C2CCCN2C(=O)c2cnco2)ccn1. The second-order valence-corrected chi connectivity index (χ2v) is 5.36. The largest absolute Gasteiger partial charge is 0.438 e. The number of hydrogen-bond donors (Lipinski definition) is 0. The lowest BCUT2D eigenvalue weighted by molar-refractivity contribution is 0.0703. The zero-order chi connectivity index (χ0) is 14.8. The Hall–Kier alpha value is -2.37. The average molecular weight is 286 g/mol. The summed E-state index contributed by atoms with van der Waals surface area (Å²) in [4.78, 5) is 24.4. The van der Waals surface area contributed by atoms with E-state index in [0.717, 1.165) is 30.8 Å². The maximum absolute atomic E-state index is 12.5. The van der Waals surface area contributed by atoms with Gasteiger partial charge in [-0.05, 0) is 30.5 Å². The molecule has 2 aromatic rings. The van der Waals surface area contributed by atoms with Crippen molar-refractivity contribution in [2.45, 2.75) is 18.9 Å². The van der Waals surface area contributed by atoms with Gasteiger partial charge < -0.3 is 14.2 Å². The lowest BCUT2D eigenvalue weighted by Crippen LogP contribution is -2.30. The molecule has 3 rings (SSSR count). The van der Waals surface area contributed by atoms with E-state index in [1.807, 2.05) is 36.0 Å². The minimum atomic E-state index is -0.0989. The predicted molar refractivity (Wildman–Crippen MR) is 78.1 cm³/mol. The zero-order valence-electron chi connectivity index (χ0n) is 12.2. The van der Waals surface area contributed by atoms with Gasteiger partial charge in [-0.15, -0.1) is 0 Å². The van der Waals surface area contributed by atoms with E-state index < -0.39 is 0 Å². The molecule has 0 aliphatic carbocycles. The van der Waals surface area contributed by atoms with E-state index in [4.69, 9.17) is 4.42 Å². The molecule has 2 aromatic heterocycles. The van der Waals surface area contributed by atoms with Crippen molar-refractivity contribution in [1.29, 1.82) is 0 Å². The van der Waals surface area contributed by atoms with Crippen LogP contribution in [0.1, 0.15) is 35.0 Å². The van der Waals surface area contributed by atoms with Gasteiger partial charge in [0.1, 0.15) is 5.82 Å². The second kappa shape index (κ2) is 5.55. The maximum atomic E-state index is 12.5. The van der Waals surface area contributed by atoms with Gasteiger partial charge >= 0.3 is 0 Å². The first-order valence-electron chi connectivity index (χ1n) is 6.99. The Kier molecular flexibility index (Phi) is 3.60. The van der Waals surface area contributed by atoms with Crippen LogP contribution in [0.3, 0.4) is 0 Å². The van der Waals surface area contributed by atoms with Crippen LogP contribution >= 0.6 is 0 Å². The molecular formula is C15H18N4O2. The van der Waals surface area contributed by atoms with Crippen LogP contribution in [0.4, 0.5) is 5.82 Å². The van der Waals surface area contributed by atoms with E-state index in [9.17, 15) is 4.79 Å². The minimum Gasteiger partial charge on any atom is -0.438 e. The number of pyridine rings is 1. The monoisotopic (exact) mass is 286 g/mol. The number of anilines is 1. The van der Waals surface area contributed by atoms with E-state index in [-0.39, 0.29) is 11.9 Å². The normalized spacial score (nSPS) is 18.0. The molecule has 0 spiro atoms. The molecule has 3 heterocycles. The number of rotatable bonds is 3. The number of likely N-dealkylation sites (tertiary alicyclic amines) is 1. The Balaban J connectivity index is 1.87. The molecule has 1 saturated heterocycles. The van der Waals surface area contributed by atoms with Gasteiger partial charge in [0.15, 0.2) is 6.39 Å². The molecule has 1 atom stereocenters. The highest BCUT2D eigenvalue weighted by Gasteiger charge is 2.32. The third kappa shape index (κ3) is 2.61. The van der Waals surface area contributed by atoms with E-state index in [1.165, 1.54) is 12.6 Å². The zero-order valence-corrected chi connectivity index (χ0v) is 12.2. The molecule has 21 heavy (non-hydrogen) atoms. The van der Waals surface area contributed by atoms with Crippen molar-refractivity contribution < 1.29 is 9.21 Å². The fourth-order valence-electron chi connectivity index (χ4n) is 2.71. The molecule has 0 radical (unpaired) electrons. The van der Waals surface area contributed by atoms with Gasteiger partial charge in [0.05, 0.1) is 12.2 Å². The van der Waals surface area contributed by atoms with E-state index in [1.54, 1.807) is 6.20 Å². The van der Waals surface area contributed by atoms with Crippen LogP contribution in [0.2, 0.25) is 0 Å². The Morgan fingerprint density at radius 2 is 2.33 bits per heavy atom. The Bertz CT molecular complexity index is 624. The summed E-state index contributed by atoms with van der Waals surface area (Å²) >= 11 is 0. The summed E-state index contributed by atoms with van der Waals surface area (Å²) in [6.07, 6.45) is 6.49. The fraction of sp³-hybridized carbons (Fsp3) is 0.400. The summed E-state index contributed by atoms with van der Waals surface area (Å²) in [5.74, 6) is 1.09. The van der Waals surface area contributed by atoms with Crippen molar-refractivity contribution in [3.63, 3.8) is 0 Å². The van der Waals surface area contributed by atoms with Crippen LogP contribution in [-0.2, 0) is 0 Å². The van der Waals surface area contributed by atoms with Crippen molar-refractivity contribution in [3.05, 3.63) is 42.2 Å². The Morgan fingerprint density at radius 3 is 3.05 bits per heavy atom. The highest BCUT2D eigenvalue weighted by molar-refractivity contribution is 5.91. The molecule has 1 amide bonds. The van der Waals surface area contributed by atoms with E-state index in [2.05, 4.69) is 9.97 Å². The van der Waals surface area contributed by atoms with Gasteiger partial charge in [-0.1, -0.05) is 0 Å². The smallest absolute Gasteiger partial charge is 0.291 e. The average Bonchev–Trinajstić information content (AvgIpc) is 3.18. The molecule has 1 fully saturated rings. The molecule has 1 aliphatic rings. The van der Waals surface area contributed by atoms with Crippen molar-refractivity contribution in [3.8, 4) is 0 Å². The first-order chi connectivity index (χ1) is 10.2. The van der Waals surface area contributed by atoms with Crippen LogP contribution in [0.5, 0.6) is 0 Å². The van der Waals surface area contributed by atoms with Gasteiger partial charge in [0, 0.05) is 26.8 Å².